The minimum absolute atomic E-state index is 0.0615. The summed E-state index contributed by atoms with van der Waals surface area (Å²) in [5.74, 6) is -1.29. The number of ether oxygens (including phenoxy) is 1. The number of hydrogen-bond donors (Lipinski definition) is 1. The molecule has 5 rings (SSSR count). The lowest BCUT2D eigenvalue weighted by Gasteiger charge is -2.22. The number of benzene rings is 2. The van der Waals surface area contributed by atoms with Gasteiger partial charge in [0.1, 0.15) is 17.3 Å². The molecule has 2 aromatic heterocycles. The third-order valence-electron chi connectivity index (χ3n) is 6.52. The van der Waals surface area contributed by atoms with Crippen molar-refractivity contribution in [2.45, 2.75) is 42.3 Å². The highest BCUT2D eigenvalue weighted by Crippen LogP contribution is 2.44. The Hall–Kier alpha value is -4.09. The minimum Gasteiger partial charge on any atom is -0.507 e. The highest BCUT2D eigenvalue weighted by Gasteiger charge is 2.48. The number of pyridine rings is 1. The van der Waals surface area contributed by atoms with E-state index >= 15 is 0 Å². The molecular weight excluding hydrogens is 563 g/mol. The van der Waals surface area contributed by atoms with Crippen molar-refractivity contribution < 1.29 is 23.8 Å². The number of unbranched alkanes of at least 4 members (excludes halogenated alkanes) is 2. The fourth-order valence-electron chi connectivity index (χ4n) is 4.41. The van der Waals surface area contributed by atoms with Gasteiger partial charge in [-0.3, -0.25) is 19.5 Å². The van der Waals surface area contributed by atoms with Gasteiger partial charge in [0.2, 0.25) is 5.13 Å². The number of nitrogens with zero attached hydrogens (tertiary/aromatic N) is 4. The molecule has 1 atom stereocenters. The van der Waals surface area contributed by atoms with Gasteiger partial charge in [-0.25, -0.2) is 4.39 Å². The second-order valence-electron chi connectivity index (χ2n) is 9.26. The summed E-state index contributed by atoms with van der Waals surface area (Å²) < 4.78 is 20.4. The summed E-state index contributed by atoms with van der Waals surface area (Å²) in [6, 6.07) is 15.8. The lowest BCUT2D eigenvalue weighted by molar-refractivity contribution is -0.132. The summed E-state index contributed by atoms with van der Waals surface area (Å²) in [6.45, 7) is 2.71. The molecule has 0 bridgehead atoms. The molecule has 1 aliphatic heterocycles. The van der Waals surface area contributed by atoms with Crippen LogP contribution in [0, 0.1) is 5.82 Å². The minimum atomic E-state index is -0.949. The van der Waals surface area contributed by atoms with Crippen LogP contribution in [0.1, 0.15) is 48.9 Å². The average Bonchev–Trinajstić information content (AvgIpc) is 3.57. The molecule has 41 heavy (non-hydrogen) atoms. The summed E-state index contributed by atoms with van der Waals surface area (Å²) in [5, 5.41) is 19.8. The topological polar surface area (TPSA) is 106 Å². The summed E-state index contributed by atoms with van der Waals surface area (Å²) in [6.07, 6.45) is 6.10. The Kier molecular flexibility index (Phi) is 9.05. The normalized spacial score (nSPS) is 16.3. The van der Waals surface area contributed by atoms with E-state index in [4.69, 9.17) is 4.74 Å². The van der Waals surface area contributed by atoms with Gasteiger partial charge in [-0.2, -0.15) is 0 Å². The number of anilines is 1. The van der Waals surface area contributed by atoms with E-state index in [9.17, 15) is 19.1 Å². The molecule has 0 radical (unpaired) electrons. The van der Waals surface area contributed by atoms with Crippen molar-refractivity contribution in [3.8, 4) is 5.75 Å². The lowest BCUT2D eigenvalue weighted by Crippen LogP contribution is -2.29. The zero-order valence-corrected chi connectivity index (χ0v) is 23.8. The van der Waals surface area contributed by atoms with E-state index in [0.29, 0.717) is 39.1 Å². The molecule has 1 unspecified atom stereocenters. The summed E-state index contributed by atoms with van der Waals surface area (Å²) >= 11 is 2.40. The first-order valence-corrected chi connectivity index (χ1v) is 14.9. The molecule has 1 amide bonds. The SMILES string of the molecule is CCCCCOc1ccc(C2/C(=C(\O)c3ccncc3)C(=O)C(=O)N2c2nnc(SCc3ccccc3F)s2)cc1. The average molecular weight is 591 g/mol. The van der Waals surface area contributed by atoms with Crippen LogP contribution in [0.25, 0.3) is 5.76 Å². The van der Waals surface area contributed by atoms with Crippen LogP contribution in [0.5, 0.6) is 5.75 Å². The van der Waals surface area contributed by atoms with Gasteiger partial charge in [0.15, 0.2) is 4.34 Å². The van der Waals surface area contributed by atoms with E-state index in [2.05, 4.69) is 22.1 Å². The largest absolute Gasteiger partial charge is 0.507 e. The molecule has 2 aromatic carbocycles. The summed E-state index contributed by atoms with van der Waals surface area (Å²) in [5.41, 5.74) is 1.41. The van der Waals surface area contributed by atoms with Crippen molar-refractivity contribution >= 4 is 45.7 Å². The molecule has 0 spiro atoms. The number of carbonyl (C=O) groups is 2. The Morgan fingerprint density at radius 3 is 2.54 bits per heavy atom. The van der Waals surface area contributed by atoms with Gasteiger partial charge in [0, 0.05) is 23.7 Å². The fraction of sp³-hybridized carbons (Fsp3) is 0.233. The van der Waals surface area contributed by atoms with Gasteiger partial charge in [-0.05, 0) is 47.9 Å². The fourth-order valence-corrected chi connectivity index (χ4v) is 6.27. The van der Waals surface area contributed by atoms with E-state index in [1.54, 1.807) is 54.6 Å². The number of aliphatic hydroxyl groups excluding tert-OH is 1. The number of Topliss-reactive ketones (excluding diaryl/α,β-unsaturated/α-hetero) is 1. The van der Waals surface area contributed by atoms with E-state index in [1.165, 1.54) is 35.1 Å². The highest BCUT2D eigenvalue weighted by molar-refractivity contribution is 8.00. The van der Waals surface area contributed by atoms with Crippen molar-refractivity contribution in [3.05, 3.63) is 101 Å². The standard InChI is InChI=1S/C30H27FN4O4S2/c1-2-3-6-17-39-22-11-9-19(10-12-22)25-24(26(36)20-13-15-32-16-14-20)27(37)28(38)35(25)29-33-34-30(41-29)40-18-21-7-4-5-8-23(21)31/h4-5,7-16,25,36H,2-3,6,17-18H2,1H3/b26-24+. The molecule has 3 heterocycles. The zero-order valence-electron chi connectivity index (χ0n) is 22.2. The molecule has 210 valence electrons. The Balaban J connectivity index is 1.48. The van der Waals surface area contributed by atoms with Crippen LogP contribution in [-0.4, -0.2) is 38.6 Å². The molecule has 1 aliphatic rings. The Labute approximate surface area is 244 Å². The number of hydrogen-bond acceptors (Lipinski definition) is 9. The second-order valence-corrected chi connectivity index (χ2v) is 11.4. The molecular formula is C30H27FN4O4S2. The van der Waals surface area contributed by atoms with E-state index < -0.39 is 17.7 Å². The molecule has 8 nitrogen and oxygen atoms in total. The maximum Gasteiger partial charge on any atom is 0.301 e. The molecule has 0 aliphatic carbocycles. The summed E-state index contributed by atoms with van der Waals surface area (Å²) in [4.78, 5) is 32.0. The van der Waals surface area contributed by atoms with E-state index in [-0.39, 0.29) is 22.3 Å². The quantitative estimate of drug-likeness (QED) is 0.0523. The number of ketones is 1. The van der Waals surface area contributed by atoms with Crippen molar-refractivity contribution in [1.82, 2.24) is 15.2 Å². The van der Waals surface area contributed by atoms with Crippen molar-refractivity contribution in [1.29, 1.82) is 0 Å². The predicted octanol–water partition coefficient (Wildman–Crippen LogP) is 6.56. The van der Waals surface area contributed by atoms with Gasteiger partial charge in [0.05, 0.1) is 18.2 Å². The maximum atomic E-state index is 14.1. The van der Waals surface area contributed by atoms with Crippen molar-refractivity contribution in [2.75, 3.05) is 11.5 Å². The molecule has 1 saturated heterocycles. The van der Waals surface area contributed by atoms with Crippen LogP contribution in [0.2, 0.25) is 0 Å². The van der Waals surface area contributed by atoms with Crippen molar-refractivity contribution in [2.24, 2.45) is 0 Å². The first-order chi connectivity index (χ1) is 20.0. The number of aromatic nitrogens is 3. The third kappa shape index (κ3) is 6.31. The number of amides is 1. The van der Waals surface area contributed by atoms with Crippen LogP contribution in [0.15, 0.2) is 83.0 Å². The number of aliphatic hydroxyl groups is 1. The van der Waals surface area contributed by atoms with Crippen LogP contribution in [0.3, 0.4) is 0 Å². The van der Waals surface area contributed by atoms with Crippen LogP contribution in [-0.2, 0) is 15.3 Å². The highest BCUT2D eigenvalue weighted by atomic mass is 32.2. The molecule has 1 N–H and O–H groups in total. The Bertz CT molecular complexity index is 1560. The van der Waals surface area contributed by atoms with Crippen molar-refractivity contribution in [3.63, 3.8) is 0 Å². The maximum absolute atomic E-state index is 14.1. The third-order valence-corrected chi connectivity index (χ3v) is 8.63. The van der Waals surface area contributed by atoms with Crippen LogP contribution >= 0.6 is 23.1 Å². The molecule has 11 heteroatoms. The number of carbonyl (C=O) groups excluding carboxylic acids is 2. The van der Waals surface area contributed by atoms with Gasteiger partial charge in [0.25, 0.3) is 5.78 Å². The first-order valence-electron chi connectivity index (χ1n) is 13.1. The van der Waals surface area contributed by atoms with Crippen LogP contribution < -0.4 is 9.64 Å². The Morgan fingerprint density at radius 1 is 1.05 bits per heavy atom. The van der Waals surface area contributed by atoms with E-state index in [0.717, 1.165) is 30.6 Å². The zero-order chi connectivity index (χ0) is 28.8. The molecule has 4 aromatic rings. The predicted molar refractivity (Wildman–Crippen MR) is 156 cm³/mol. The Morgan fingerprint density at radius 2 is 1.80 bits per heavy atom. The monoisotopic (exact) mass is 590 g/mol. The number of thioether (sulfide) groups is 1. The molecule has 1 fully saturated rings. The molecule has 0 saturated carbocycles. The summed E-state index contributed by atoms with van der Waals surface area (Å²) in [7, 11) is 0. The van der Waals surface area contributed by atoms with Gasteiger partial charge in [-0.1, -0.05) is 73.2 Å². The van der Waals surface area contributed by atoms with Gasteiger partial charge < -0.3 is 9.84 Å². The van der Waals surface area contributed by atoms with Gasteiger partial charge in [-0.15, -0.1) is 10.2 Å². The number of rotatable bonds is 11. The smallest absolute Gasteiger partial charge is 0.301 e. The van der Waals surface area contributed by atoms with Gasteiger partial charge >= 0.3 is 5.91 Å². The van der Waals surface area contributed by atoms with Crippen LogP contribution in [0.4, 0.5) is 9.52 Å². The first kappa shape index (κ1) is 28.4. The second kappa shape index (κ2) is 13.0. The number of halogens is 1. The van der Waals surface area contributed by atoms with E-state index in [1.807, 2.05) is 0 Å². The lowest BCUT2D eigenvalue weighted by atomic mass is 9.95.